The van der Waals surface area contributed by atoms with Crippen LogP contribution in [0.2, 0.25) is 0 Å². The molecule has 10 heteroatoms. The lowest BCUT2D eigenvalue weighted by Crippen LogP contribution is -1.97. The molecule has 0 saturated heterocycles. The maximum Gasteiger partial charge on any atom is 0.212 e. The number of imidazole rings is 1. The molecule has 0 saturated carbocycles. The van der Waals surface area contributed by atoms with Crippen LogP contribution in [0.25, 0.3) is 38.5 Å². The number of rotatable bonds is 7. The van der Waals surface area contributed by atoms with Crippen LogP contribution in [-0.2, 0) is 6.61 Å². The van der Waals surface area contributed by atoms with Crippen molar-refractivity contribution in [1.82, 2.24) is 24.6 Å². The number of hydrogen-bond donors (Lipinski definition) is 0. The van der Waals surface area contributed by atoms with Gasteiger partial charge >= 0.3 is 0 Å². The summed E-state index contributed by atoms with van der Waals surface area (Å²) in [5, 5.41) is 5.50. The van der Waals surface area contributed by atoms with Crippen molar-refractivity contribution in [2.45, 2.75) is 19.7 Å². The van der Waals surface area contributed by atoms with Crippen molar-refractivity contribution in [2.75, 3.05) is 7.11 Å². The van der Waals surface area contributed by atoms with E-state index in [1.54, 1.807) is 36.3 Å². The standard InChI is InChI=1S/C26H20FN5O3S/c1-15(27)25-31-32-21(12-30-26(32)36-25)24-9-20-22(7-19(33-2)8-23(20)35-24)34-13-16-4-3-5-17(6-16)18-10-28-14-29-11-18/h3-12,14-15H,13H2,1-2H3. The van der Waals surface area contributed by atoms with Crippen LogP contribution < -0.4 is 9.47 Å². The molecule has 8 nitrogen and oxygen atoms in total. The zero-order valence-corrected chi connectivity index (χ0v) is 20.2. The normalized spacial score (nSPS) is 12.3. The fourth-order valence-electron chi connectivity index (χ4n) is 3.93. The summed E-state index contributed by atoms with van der Waals surface area (Å²) in [6.45, 7) is 1.80. The van der Waals surface area contributed by atoms with Crippen molar-refractivity contribution < 1.29 is 18.3 Å². The molecule has 0 radical (unpaired) electrons. The Morgan fingerprint density at radius 3 is 2.75 bits per heavy atom. The maximum atomic E-state index is 13.8. The van der Waals surface area contributed by atoms with Gasteiger partial charge in [-0.05, 0) is 30.2 Å². The lowest BCUT2D eigenvalue weighted by atomic mass is 10.1. The number of furan rings is 1. The lowest BCUT2D eigenvalue weighted by molar-refractivity contribution is 0.307. The third-order valence-electron chi connectivity index (χ3n) is 5.72. The molecule has 6 rings (SSSR count). The first-order valence-corrected chi connectivity index (χ1v) is 12.0. The number of halogens is 1. The summed E-state index contributed by atoms with van der Waals surface area (Å²) in [5.74, 6) is 1.77. The Morgan fingerprint density at radius 1 is 1.08 bits per heavy atom. The van der Waals surface area contributed by atoms with Crippen LogP contribution in [0.5, 0.6) is 11.5 Å². The van der Waals surface area contributed by atoms with Crippen molar-refractivity contribution in [3.05, 3.63) is 78.0 Å². The number of methoxy groups -OCH3 is 1. The van der Waals surface area contributed by atoms with Gasteiger partial charge in [0.05, 0.1) is 18.7 Å². The third kappa shape index (κ3) is 4.05. The van der Waals surface area contributed by atoms with E-state index in [9.17, 15) is 4.39 Å². The van der Waals surface area contributed by atoms with Crippen molar-refractivity contribution in [3.63, 3.8) is 0 Å². The van der Waals surface area contributed by atoms with E-state index in [0.29, 0.717) is 45.1 Å². The monoisotopic (exact) mass is 501 g/mol. The molecule has 0 aliphatic rings. The number of alkyl halides is 1. The first-order chi connectivity index (χ1) is 17.6. The van der Waals surface area contributed by atoms with Crippen LogP contribution in [-0.4, -0.2) is 31.7 Å². The summed E-state index contributed by atoms with van der Waals surface area (Å²) in [6.07, 6.45) is 5.56. The van der Waals surface area contributed by atoms with Gasteiger partial charge in [0.1, 0.15) is 35.7 Å². The molecule has 36 heavy (non-hydrogen) atoms. The molecule has 1 atom stereocenters. The van der Waals surface area contributed by atoms with Gasteiger partial charge in [0.15, 0.2) is 16.9 Å². The second kappa shape index (κ2) is 9.04. The van der Waals surface area contributed by atoms with Crippen LogP contribution in [0.3, 0.4) is 0 Å². The number of benzene rings is 2. The minimum Gasteiger partial charge on any atom is -0.496 e. The van der Waals surface area contributed by atoms with E-state index in [2.05, 4.69) is 20.1 Å². The fourth-order valence-corrected chi connectivity index (χ4v) is 4.74. The Morgan fingerprint density at radius 2 is 1.94 bits per heavy atom. The largest absolute Gasteiger partial charge is 0.496 e. The molecule has 0 N–H and O–H groups in total. The summed E-state index contributed by atoms with van der Waals surface area (Å²) >= 11 is 1.21. The first-order valence-electron chi connectivity index (χ1n) is 11.2. The molecular formula is C26H20FN5O3S. The Labute approximate surface area is 209 Å². The number of fused-ring (bicyclic) bond motifs is 2. The second-order valence-electron chi connectivity index (χ2n) is 8.16. The third-order valence-corrected chi connectivity index (χ3v) is 6.79. The van der Waals surface area contributed by atoms with Gasteiger partial charge in [0.2, 0.25) is 4.96 Å². The van der Waals surface area contributed by atoms with Crippen molar-refractivity contribution in [2.24, 2.45) is 0 Å². The van der Waals surface area contributed by atoms with Gasteiger partial charge in [-0.3, -0.25) is 0 Å². The topological polar surface area (TPSA) is 87.6 Å². The van der Waals surface area contributed by atoms with Gasteiger partial charge in [0, 0.05) is 30.1 Å². The Hall–Kier alpha value is -4.31. The van der Waals surface area contributed by atoms with E-state index < -0.39 is 6.17 Å². The number of hydrogen-bond acceptors (Lipinski definition) is 8. The summed E-state index contributed by atoms with van der Waals surface area (Å²) < 4.78 is 33.2. The molecule has 0 spiro atoms. The van der Waals surface area contributed by atoms with Crippen LogP contribution in [0.4, 0.5) is 4.39 Å². The average molecular weight is 502 g/mol. The van der Waals surface area contributed by atoms with Crippen LogP contribution in [0.1, 0.15) is 23.7 Å². The zero-order valence-electron chi connectivity index (χ0n) is 19.4. The van der Waals surface area contributed by atoms with Crippen LogP contribution in [0.15, 0.2) is 71.8 Å². The van der Waals surface area contributed by atoms with Crippen molar-refractivity contribution in [3.8, 4) is 34.1 Å². The predicted molar refractivity (Wildman–Crippen MR) is 134 cm³/mol. The second-order valence-corrected chi connectivity index (χ2v) is 9.15. The quantitative estimate of drug-likeness (QED) is 0.254. The predicted octanol–water partition coefficient (Wildman–Crippen LogP) is 6.28. The molecule has 0 amide bonds. The zero-order chi connectivity index (χ0) is 24.6. The number of nitrogens with zero attached hydrogens (tertiary/aromatic N) is 5. The molecule has 2 aromatic carbocycles. The van der Waals surface area contributed by atoms with E-state index in [4.69, 9.17) is 13.9 Å². The molecule has 0 fully saturated rings. The van der Waals surface area contributed by atoms with Crippen LogP contribution in [0, 0.1) is 0 Å². The van der Waals surface area contributed by atoms with Crippen molar-refractivity contribution in [1.29, 1.82) is 0 Å². The Kier molecular flexibility index (Phi) is 5.57. The van der Waals surface area contributed by atoms with E-state index in [1.165, 1.54) is 24.6 Å². The summed E-state index contributed by atoms with van der Waals surface area (Å²) in [7, 11) is 1.59. The van der Waals surface area contributed by atoms with Gasteiger partial charge in [0.25, 0.3) is 0 Å². The van der Waals surface area contributed by atoms with E-state index >= 15 is 0 Å². The summed E-state index contributed by atoms with van der Waals surface area (Å²) in [6, 6.07) is 13.5. The molecule has 1 unspecified atom stereocenters. The molecule has 6 aromatic rings. The summed E-state index contributed by atoms with van der Waals surface area (Å²) in [5.41, 5.74) is 4.16. The van der Waals surface area contributed by atoms with Gasteiger partial charge in [-0.1, -0.05) is 29.5 Å². The summed E-state index contributed by atoms with van der Waals surface area (Å²) in [4.78, 5) is 13.1. The number of aromatic nitrogens is 5. The molecular weight excluding hydrogens is 481 g/mol. The first kappa shape index (κ1) is 22.2. The van der Waals surface area contributed by atoms with Crippen molar-refractivity contribution >= 4 is 27.3 Å². The minimum absolute atomic E-state index is 0.338. The van der Waals surface area contributed by atoms with E-state index in [1.807, 2.05) is 36.4 Å². The average Bonchev–Trinajstić information content (AvgIpc) is 3.62. The molecule has 0 bridgehead atoms. The highest BCUT2D eigenvalue weighted by molar-refractivity contribution is 7.16. The lowest BCUT2D eigenvalue weighted by Gasteiger charge is -2.10. The minimum atomic E-state index is -1.17. The van der Waals surface area contributed by atoms with Gasteiger partial charge in [-0.2, -0.15) is 9.61 Å². The highest BCUT2D eigenvalue weighted by atomic mass is 32.1. The molecule has 180 valence electrons. The van der Waals surface area contributed by atoms with E-state index in [-0.39, 0.29) is 0 Å². The van der Waals surface area contributed by atoms with Gasteiger partial charge in [-0.25, -0.2) is 19.3 Å². The molecule has 0 aliphatic heterocycles. The van der Waals surface area contributed by atoms with Gasteiger partial charge < -0.3 is 13.9 Å². The SMILES string of the molecule is COc1cc(OCc2cccc(-c3cncnc3)c2)c2cc(-c3cnc4sc(C(C)F)nn34)oc2c1. The Bertz CT molecular complexity index is 1680. The molecule has 0 aliphatic carbocycles. The maximum absolute atomic E-state index is 13.8. The fraction of sp³-hybridized carbons (Fsp3) is 0.154. The smallest absolute Gasteiger partial charge is 0.212 e. The van der Waals surface area contributed by atoms with E-state index in [0.717, 1.165) is 22.1 Å². The van der Waals surface area contributed by atoms with Crippen LogP contribution >= 0.6 is 11.3 Å². The van der Waals surface area contributed by atoms with Gasteiger partial charge in [-0.15, -0.1) is 0 Å². The highest BCUT2D eigenvalue weighted by Crippen LogP contribution is 2.38. The molecule has 4 aromatic heterocycles. The highest BCUT2D eigenvalue weighted by Gasteiger charge is 2.19. The Balaban J connectivity index is 1.34. The molecule has 4 heterocycles. The number of ether oxygens (including phenoxy) is 2.